The molecule has 1 aromatic rings. The van der Waals surface area contributed by atoms with Crippen molar-refractivity contribution in [2.24, 2.45) is 0 Å². The van der Waals surface area contributed by atoms with Crippen molar-refractivity contribution in [3.63, 3.8) is 0 Å². The van der Waals surface area contributed by atoms with Crippen molar-refractivity contribution in [3.05, 3.63) is 30.1 Å². The molecule has 0 fully saturated rings. The highest BCUT2D eigenvalue weighted by Gasteiger charge is 1.91. The molecule has 0 heterocycles. The van der Waals surface area contributed by atoms with Gasteiger partial charge in [-0.05, 0) is 12.1 Å². The monoisotopic (exact) mass is 172 g/mol. The maximum Gasteiger partial charge on any atom is 0.300 e. The van der Waals surface area contributed by atoms with Gasteiger partial charge in [-0.15, -0.1) is 0 Å². The summed E-state index contributed by atoms with van der Waals surface area (Å²) in [5, 5.41) is 16.0. The van der Waals surface area contributed by atoms with Crippen molar-refractivity contribution in [2.75, 3.05) is 0 Å². The molecule has 0 saturated carbocycles. The van der Waals surface area contributed by atoms with Crippen molar-refractivity contribution < 1.29 is 19.4 Å². The molecule has 0 bridgehead atoms. The predicted octanol–water partition coefficient (Wildman–Crippen LogP) is 1.62. The van der Waals surface area contributed by atoms with E-state index in [1.807, 2.05) is 0 Å². The number of rotatable bonds is 0. The van der Waals surface area contributed by atoms with Gasteiger partial charge in [0.05, 0.1) is 0 Å². The van der Waals surface area contributed by atoms with Gasteiger partial charge >= 0.3 is 0 Å². The number of carboxylic acids is 1. The number of hydrogen-bond donors (Lipinski definition) is 2. The summed E-state index contributed by atoms with van der Waals surface area (Å²) in [7, 11) is 0. The van der Waals surface area contributed by atoms with Crippen LogP contribution in [-0.2, 0) is 4.79 Å². The SMILES string of the molecule is CC(=O)O.Oc1ccccc1F. The Bertz CT molecular complexity index is 235. The van der Waals surface area contributed by atoms with Crippen LogP contribution in [0.4, 0.5) is 4.39 Å². The average molecular weight is 172 g/mol. The molecule has 0 atom stereocenters. The van der Waals surface area contributed by atoms with Crippen LogP contribution in [0.5, 0.6) is 5.75 Å². The first-order chi connectivity index (χ1) is 5.54. The maximum absolute atomic E-state index is 12.1. The minimum atomic E-state index is -0.833. The second kappa shape index (κ2) is 5.12. The van der Waals surface area contributed by atoms with E-state index in [2.05, 4.69) is 0 Å². The third kappa shape index (κ3) is 5.22. The van der Waals surface area contributed by atoms with Gasteiger partial charge in [0.1, 0.15) is 0 Å². The summed E-state index contributed by atoms with van der Waals surface area (Å²) in [6.07, 6.45) is 0. The van der Waals surface area contributed by atoms with Crippen molar-refractivity contribution in [1.82, 2.24) is 0 Å². The zero-order valence-electron chi connectivity index (χ0n) is 6.49. The van der Waals surface area contributed by atoms with Crippen molar-refractivity contribution in [1.29, 1.82) is 0 Å². The predicted molar refractivity (Wildman–Crippen MR) is 41.4 cm³/mol. The van der Waals surface area contributed by atoms with E-state index in [0.29, 0.717) is 0 Å². The molecule has 1 rings (SSSR count). The number of carboxylic acid groups (broad SMARTS) is 1. The van der Waals surface area contributed by atoms with Crippen LogP contribution in [0, 0.1) is 5.82 Å². The van der Waals surface area contributed by atoms with E-state index in [-0.39, 0.29) is 5.75 Å². The van der Waals surface area contributed by atoms with Crippen molar-refractivity contribution in [3.8, 4) is 5.75 Å². The summed E-state index contributed by atoms with van der Waals surface area (Å²) in [5.74, 6) is -1.71. The zero-order valence-corrected chi connectivity index (χ0v) is 6.49. The Balaban J connectivity index is 0.000000261. The van der Waals surface area contributed by atoms with Crippen LogP contribution in [0.1, 0.15) is 6.92 Å². The van der Waals surface area contributed by atoms with Crippen LogP contribution in [0.25, 0.3) is 0 Å². The summed E-state index contributed by atoms with van der Waals surface area (Å²) in [6.45, 7) is 1.08. The molecule has 12 heavy (non-hydrogen) atoms. The van der Waals surface area contributed by atoms with Gasteiger partial charge in [0.2, 0.25) is 0 Å². The Morgan fingerprint density at radius 1 is 1.42 bits per heavy atom. The first kappa shape index (κ1) is 10.4. The third-order valence-corrected chi connectivity index (χ3v) is 0.852. The van der Waals surface area contributed by atoms with Crippen LogP contribution in [-0.4, -0.2) is 16.2 Å². The molecule has 4 heteroatoms. The van der Waals surface area contributed by atoms with Gasteiger partial charge in [-0.25, -0.2) is 4.39 Å². The van der Waals surface area contributed by atoms with Crippen LogP contribution in [0.3, 0.4) is 0 Å². The van der Waals surface area contributed by atoms with Crippen LogP contribution in [0.15, 0.2) is 24.3 Å². The van der Waals surface area contributed by atoms with Crippen molar-refractivity contribution in [2.45, 2.75) is 6.92 Å². The molecule has 3 nitrogen and oxygen atoms in total. The molecule has 0 spiro atoms. The van der Waals surface area contributed by atoms with E-state index in [0.717, 1.165) is 6.92 Å². The number of aliphatic carboxylic acids is 1. The first-order valence-electron chi connectivity index (χ1n) is 3.17. The Labute approximate surface area is 69.1 Å². The van der Waals surface area contributed by atoms with Gasteiger partial charge in [-0.3, -0.25) is 4.79 Å². The van der Waals surface area contributed by atoms with E-state index in [4.69, 9.17) is 15.0 Å². The maximum atomic E-state index is 12.1. The van der Waals surface area contributed by atoms with Gasteiger partial charge in [0, 0.05) is 6.92 Å². The molecule has 0 saturated heterocycles. The Morgan fingerprint density at radius 2 is 1.83 bits per heavy atom. The lowest BCUT2D eigenvalue weighted by atomic mass is 10.3. The molecule has 0 radical (unpaired) electrons. The number of aromatic hydroxyl groups is 1. The quantitative estimate of drug-likeness (QED) is 0.625. The minimum Gasteiger partial charge on any atom is -0.505 e. The van der Waals surface area contributed by atoms with Gasteiger partial charge in [0.25, 0.3) is 5.97 Å². The number of halogens is 1. The van der Waals surface area contributed by atoms with Crippen LogP contribution >= 0.6 is 0 Å². The Kier molecular flexibility index (Phi) is 4.45. The van der Waals surface area contributed by atoms with Gasteiger partial charge in [0.15, 0.2) is 11.6 Å². The summed E-state index contributed by atoms with van der Waals surface area (Å²) in [5.41, 5.74) is 0. The second-order valence-corrected chi connectivity index (χ2v) is 1.97. The van der Waals surface area contributed by atoms with E-state index in [1.54, 1.807) is 6.07 Å². The molecular formula is C8H9FO3. The summed E-state index contributed by atoms with van der Waals surface area (Å²) in [4.78, 5) is 9.00. The lowest BCUT2D eigenvalue weighted by Gasteiger charge is -1.88. The number of hydrogen-bond acceptors (Lipinski definition) is 2. The van der Waals surface area contributed by atoms with Gasteiger partial charge in [-0.1, -0.05) is 12.1 Å². The van der Waals surface area contributed by atoms with E-state index in [9.17, 15) is 4.39 Å². The summed E-state index contributed by atoms with van der Waals surface area (Å²) >= 11 is 0. The van der Waals surface area contributed by atoms with Gasteiger partial charge in [-0.2, -0.15) is 0 Å². The smallest absolute Gasteiger partial charge is 0.300 e. The highest BCUT2D eigenvalue weighted by Crippen LogP contribution is 2.11. The largest absolute Gasteiger partial charge is 0.505 e. The Hall–Kier alpha value is -1.58. The number of phenolic OH excluding ortho intramolecular Hbond substituents is 1. The average Bonchev–Trinajstić information content (AvgIpc) is 1.94. The molecule has 2 N–H and O–H groups in total. The van der Waals surface area contributed by atoms with E-state index < -0.39 is 11.8 Å². The van der Waals surface area contributed by atoms with E-state index >= 15 is 0 Å². The third-order valence-electron chi connectivity index (χ3n) is 0.852. The molecular weight excluding hydrogens is 163 g/mol. The van der Waals surface area contributed by atoms with Crippen LogP contribution < -0.4 is 0 Å². The number of para-hydroxylation sites is 1. The molecule has 0 aliphatic heterocycles. The fraction of sp³-hybridized carbons (Fsp3) is 0.125. The number of carbonyl (C=O) groups is 1. The molecule has 0 aromatic heterocycles. The fourth-order valence-electron chi connectivity index (χ4n) is 0.452. The summed E-state index contributed by atoms with van der Waals surface area (Å²) in [6, 6.07) is 5.60. The lowest BCUT2D eigenvalue weighted by Crippen LogP contribution is -1.78. The molecule has 1 aromatic carbocycles. The highest BCUT2D eigenvalue weighted by molar-refractivity contribution is 5.62. The van der Waals surface area contributed by atoms with Gasteiger partial charge < -0.3 is 10.2 Å². The molecule has 0 amide bonds. The first-order valence-corrected chi connectivity index (χ1v) is 3.17. The Morgan fingerprint density at radius 3 is 2.08 bits per heavy atom. The molecule has 0 unspecified atom stereocenters. The molecule has 0 aliphatic carbocycles. The number of benzene rings is 1. The summed E-state index contributed by atoms with van der Waals surface area (Å²) < 4.78 is 12.1. The lowest BCUT2D eigenvalue weighted by molar-refractivity contribution is -0.134. The number of phenols is 1. The molecule has 0 aliphatic rings. The second-order valence-electron chi connectivity index (χ2n) is 1.97. The fourth-order valence-corrected chi connectivity index (χ4v) is 0.452. The zero-order chi connectivity index (χ0) is 9.56. The van der Waals surface area contributed by atoms with Crippen molar-refractivity contribution >= 4 is 5.97 Å². The van der Waals surface area contributed by atoms with Crippen LogP contribution in [0.2, 0.25) is 0 Å². The normalized spacial score (nSPS) is 8.17. The highest BCUT2D eigenvalue weighted by atomic mass is 19.1. The minimum absolute atomic E-state index is 0.299. The standard InChI is InChI=1S/C6H5FO.C2H4O2/c7-5-3-1-2-4-6(5)8;1-2(3)4/h1-4,8H;1H3,(H,3,4). The molecule has 66 valence electrons. The topological polar surface area (TPSA) is 57.5 Å². The van der Waals surface area contributed by atoms with E-state index in [1.165, 1.54) is 18.2 Å².